The van der Waals surface area contributed by atoms with Crippen molar-refractivity contribution in [2.45, 2.75) is 78.8 Å². The number of likely N-dealkylation sites (N-methyl/N-ethyl adjacent to an activating group) is 1. The van der Waals surface area contributed by atoms with E-state index < -0.39 is 0 Å². The summed E-state index contributed by atoms with van der Waals surface area (Å²) in [6.07, 6.45) is 5.08. The molecule has 2 nitrogen and oxygen atoms in total. The van der Waals surface area contributed by atoms with E-state index in [4.69, 9.17) is 5.73 Å². The highest BCUT2D eigenvalue weighted by Gasteiger charge is 2.35. The molecule has 2 N–H and O–H groups in total. The number of nitrogens with zero attached hydrogens (tertiary/aromatic N) is 1. The van der Waals surface area contributed by atoms with Crippen molar-refractivity contribution in [1.29, 1.82) is 0 Å². The molecule has 0 radical (unpaired) electrons. The van der Waals surface area contributed by atoms with Crippen LogP contribution in [0.4, 0.5) is 0 Å². The molecule has 0 saturated heterocycles. The lowest BCUT2D eigenvalue weighted by Gasteiger charge is -2.46. The molecule has 104 valence electrons. The first kappa shape index (κ1) is 16.9. The van der Waals surface area contributed by atoms with Gasteiger partial charge in [0, 0.05) is 18.1 Å². The monoisotopic (exact) mass is 242 g/mol. The predicted octanol–water partition coefficient (Wildman–Crippen LogP) is 3.65. The second-order valence-electron chi connectivity index (χ2n) is 6.81. The summed E-state index contributed by atoms with van der Waals surface area (Å²) in [5.41, 5.74) is 6.47. The van der Waals surface area contributed by atoms with E-state index >= 15 is 0 Å². The highest BCUT2D eigenvalue weighted by molar-refractivity contribution is 4.91. The molecule has 17 heavy (non-hydrogen) atoms. The Kier molecular flexibility index (Phi) is 6.71. The van der Waals surface area contributed by atoms with Crippen molar-refractivity contribution in [2.24, 2.45) is 11.1 Å². The van der Waals surface area contributed by atoms with Gasteiger partial charge in [0.05, 0.1) is 0 Å². The van der Waals surface area contributed by atoms with Crippen molar-refractivity contribution in [3.05, 3.63) is 0 Å². The maximum atomic E-state index is 6.03. The van der Waals surface area contributed by atoms with Gasteiger partial charge in [0.15, 0.2) is 0 Å². The average molecular weight is 242 g/mol. The lowest BCUT2D eigenvalue weighted by molar-refractivity contribution is 0.0356. The van der Waals surface area contributed by atoms with Crippen LogP contribution in [0, 0.1) is 5.41 Å². The summed E-state index contributed by atoms with van der Waals surface area (Å²) in [5.74, 6) is 0. The van der Waals surface area contributed by atoms with Crippen molar-refractivity contribution in [2.75, 3.05) is 13.6 Å². The molecule has 0 rings (SSSR count). The SMILES string of the molecule is CCCCCC(C)(CN)N(C)C(C)C(C)(C)C. The Hall–Kier alpha value is -0.0800. The van der Waals surface area contributed by atoms with E-state index in [1.54, 1.807) is 0 Å². The molecule has 2 unspecified atom stereocenters. The molecule has 0 bridgehead atoms. The Morgan fingerprint density at radius 2 is 1.65 bits per heavy atom. The van der Waals surface area contributed by atoms with E-state index in [-0.39, 0.29) is 5.54 Å². The molecule has 0 aromatic rings. The van der Waals surface area contributed by atoms with Crippen molar-refractivity contribution in [3.63, 3.8) is 0 Å². The fourth-order valence-electron chi connectivity index (χ4n) is 2.23. The quantitative estimate of drug-likeness (QED) is 0.691. The molecule has 0 aliphatic heterocycles. The summed E-state index contributed by atoms with van der Waals surface area (Å²) in [6, 6.07) is 0.540. The Bertz CT molecular complexity index is 207. The standard InChI is InChI=1S/C15H34N2/c1-8-9-10-11-15(6,12-16)17(7)13(2)14(3,4)5/h13H,8-12,16H2,1-7H3. The fraction of sp³-hybridized carbons (Fsp3) is 1.00. The number of hydrogen-bond donors (Lipinski definition) is 1. The van der Waals surface area contributed by atoms with Gasteiger partial charge in [0.1, 0.15) is 0 Å². The van der Waals surface area contributed by atoms with Crippen LogP contribution >= 0.6 is 0 Å². The molecule has 0 fully saturated rings. The van der Waals surface area contributed by atoms with Gasteiger partial charge in [-0.05, 0) is 32.7 Å². The van der Waals surface area contributed by atoms with Crippen LogP contribution in [0.2, 0.25) is 0 Å². The molecular weight excluding hydrogens is 208 g/mol. The van der Waals surface area contributed by atoms with Crippen LogP contribution in [-0.2, 0) is 0 Å². The van der Waals surface area contributed by atoms with Crippen molar-refractivity contribution in [3.8, 4) is 0 Å². The molecule has 0 aromatic carbocycles. The maximum Gasteiger partial charge on any atom is 0.0303 e. The maximum absolute atomic E-state index is 6.03. The number of rotatable bonds is 7. The highest BCUT2D eigenvalue weighted by atomic mass is 15.2. The van der Waals surface area contributed by atoms with Gasteiger partial charge in [-0.1, -0.05) is 47.0 Å². The van der Waals surface area contributed by atoms with Gasteiger partial charge < -0.3 is 5.73 Å². The topological polar surface area (TPSA) is 29.3 Å². The molecule has 2 heteroatoms. The second-order valence-corrected chi connectivity index (χ2v) is 6.81. The minimum Gasteiger partial charge on any atom is -0.329 e. The molecule has 0 spiro atoms. The summed E-state index contributed by atoms with van der Waals surface area (Å²) in [6.45, 7) is 14.5. The van der Waals surface area contributed by atoms with Crippen LogP contribution in [0.5, 0.6) is 0 Å². The van der Waals surface area contributed by atoms with Crippen LogP contribution in [-0.4, -0.2) is 30.1 Å². The first-order valence-electron chi connectivity index (χ1n) is 7.12. The third-order valence-electron chi connectivity index (χ3n) is 4.44. The number of hydrogen-bond acceptors (Lipinski definition) is 2. The predicted molar refractivity (Wildman–Crippen MR) is 78.3 cm³/mol. The summed E-state index contributed by atoms with van der Waals surface area (Å²) < 4.78 is 0. The van der Waals surface area contributed by atoms with Gasteiger partial charge in [0.25, 0.3) is 0 Å². The van der Waals surface area contributed by atoms with Crippen LogP contribution < -0.4 is 5.73 Å². The zero-order valence-electron chi connectivity index (χ0n) is 13.1. The third-order valence-corrected chi connectivity index (χ3v) is 4.44. The summed E-state index contributed by atoms with van der Waals surface area (Å²) in [5, 5.41) is 0. The Morgan fingerprint density at radius 3 is 2.00 bits per heavy atom. The van der Waals surface area contributed by atoms with Crippen LogP contribution in [0.25, 0.3) is 0 Å². The van der Waals surface area contributed by atoms with Gasteiger partial charge in [-0.25, -0.2) is 0 Å². The molecule has 0 aliphatic carbocycles. The Balaban J connectivity index is 4.61. The Labute approximate surface area is 109 Å². The van der Waals surface area contributed by atoms with Crippen LogP contribution in [0.1, 0.15) is 67.2 Å². The zero-order chi connectivity index (χ0) is 13.7. The largest absolute Gasteiger partial charge is 0.329 e. The lowest BCUT2D eigenvalue weighted by atomic mass is 9.82. The van der Waals surface area contributed by atoms with Gasteiger partial charge in [0.2, 0.25) is 0 Å². The molecule has 0 heterocycles. The number of unbranched alkanes of at least 4 members (excludes halogenated alkanes) is 2. The first-order chi connectivity index (χ1) is 7.69. The van der Waals surface area contributed by atoms with Crippen LogP contribution in [0.15, 0.2) is 0 Å². The van der Waals surface area contributed by atoms with Gasteiger partial charge >= 0.3 is 0 Å². The van der Waals surface area contributed by atoms with Crippen molar-refractivity contribution < 1.29 is 0 Å². The van der Waals surface area contributed by atoms with Crippen molar-refractivity contribution in [1.82, 2.24) is 4.90 Å². The van der Waals surface area contributed by atoms with E-state index in [9.17, 15) is 0 Å². The number of nitrogens with two attached hydrogens (primary N) is 1. The fourth-order valence-corrected chi connectivity index (χ4v) is 2.23. The van der Waals surface area contributed by atoms with E-state index in [1.807, 2.05) is 0 Å². The van der Waals surface area contributed by atoms with E-state index in [1.165, 1.54) is 25.7 Å². The normalized spacial score (nSPS) is 18.2. The Morgan fingerprint density at radius 1 is 1.12 bits per heavy atom. The second kappa shape index (κ2) is 6.75. The van der Waals surface area contributed by atoms with Gasteiger partial charge in [-0.3, -0.25) is 4.90 Å². The van der Waals surface area contributed by atoms with Crippen molar-refractivity contribution >= 4 is 0 Å². The van der Waals surface area contributed by atoms with Gasteiger partial charge in [-0.15, -0.1) is 0 Å². The zero-order valence-corrected chi connectivity index (χ0v) is 13.1. The van der Waals surface area contributed by atoms with Gasteiger partial charge in [-0.2, -0.15) is 0 Å². The van der Waals surface area contributed by atoms with Crippen LogP contribution in [0.3, 0.4) is 0 Å². The molecule has 0 aliphatic rings. The lowest BCUT2D eigenvalue weighted by Crippen LogP contribution is -2.56. The van der Waals surface area contributed by atoms with E-state index in [0.29, 0.717) is 11.5 Å². The smallest absolute Gasteiger partial charge is 0.0303 e. The average Bonchev–Trinajstić information content (AvgIpc) is 2.25. The van der Waals surface area contributed by atoms with E-state index in [0.717, 1.165) is 6.54 Å². The minimum absolute atomic E-state index is 0.141. The summed E-state index contributed by atoms with van der Waals surface area (Å²) >= 11 is 0. The minimum atomic E-state index is 0.141. The third kappa shape index (κ3) is 4.97. The highest BCUT2D eigenvalue weighted by Crippen LogP contribution is 2.30. The molecule has 0 amide bonds. The molecule has 2 atom stereocenters. The molecule has 0 saturated carbocycles. The van der Waals surface area contributed by atoms with E-state index in [2.05, 4.69) is 53.5 Å². The molecule has 0 aromatic heterocycles. The molecular formula is C15H34N2. The summed E-state index contributed by atoms with van der Waals surface area (Å²) in [4.78, 5) is 2.49. The first-order valence-corrected chi connectivity index (χ1v) is 7.12. The summed E-state index contributed by atoms with van der Waals surface area (Å²) in [7, 11) is 2.23.